The standard InChI is InChI=1S/C25H17N3O2/c1-26-23-14-20-22(15-25(23)29-16-17-5-3-2-4-6-17)28-12-10-24(20)30-19-7-8-21-18(13-19)9-11-27-21/h2-15,27H,16H2. The molecule has 0 radical (unpaired) electrons. The largest absolute Gasteiger partial charge is 0.500 e. The number of aromatic amines is 1. The number of fused-ring (bicyclic) bond motifs is 2. The third-order valence-corrected chi connectivity index (χ3v) is 4.89. The predicted molar refractivity (Wildman–Crippen MR) is 117 cm³/mol. The Balaban J connectivity index is 1.48. The van der Waals surface area contributed by atoms with Crippen molar-refractivity contribution >= 4 is 27.5 Å². The Morgan fingerprint density at radius 1 is 0.933 bits per heavy atom. The molecular weight excluding hydrogens is 374 g/mol. The van der Waals surface area contributed by atoms with E-state index in [1.54, 1.807) is 18.3 Å². The summed E-state index contributed by atoms with van der Waals surface area (Å²) < 4.78 is 12.1. The lowest BCUT2D eigenvalue weighted by Gasteiger charge is -2.12. The highest BCUT2D eigenvalue weighted by molar-refractivity contribution is 5.91. The molecule has 1 N–H and O–H groups in total. The highest BCUT2D eigenvalue weighted by Crippen LogP contribution is 2.38. The van der Waals surface area contributed by atoms with Gasteiger partial charge in [-0.05, 0) is 48.0 Å². The van der Waals surface area contributed by atoms with Crippen molar-refractivity contribution in [2.45, 2.75) is 6.61 Å². The molecule has 0 aliphatic heterocycles. The van der Waals surface area contributed by atoms with Crippen LogP contribution in [0.25, 0.3) is 26.7 Å². The Kier molecular flexibility index (Phi) is 4.51. The molecule has 5 nitrogen and oxygen atoms in total. The fourth-order valence-corrected chi connectivity index (χ4v) is 3.39. The van der Waals surface area contributed by atoms with Gasteiger partial charge in [-0.15, -0.1) is 0 Å². The number of ether oxygens (including phenoxy) is 2. The first-order valence-corrected chi connectivity index (χ1v) is 9.52. The van der Waals surface area contributed by atoms with E-state index in [2.05, 4.69) is 14.8 Å². The molecule has 5 heteroatoms. The van der Waals surface area contributed by atoms with Gasteiger partial charge in [-0.3, -0.25) is 4.98 Å². The third-order valence-electron chi connectivity index (χ3n) is 4.89. The first-order valence-electron chi connectivity index (χ1n) is 9.52. The van der Waals surface area contributed by atoms with Crippen molar-refractivity contribution in [3.05, 3.63) is 102 Å². The van der Waals surface area contributed by atoms with Gasteiger partial charge in [0.2, 0.25) is 5.69 Å². The SMILES string of the molecule is [C-]#[N+]c1cc2c(Oc3ccc4[nH]ccc4c3)ccnc2cc1OCc1ccccc1. The van der Waals surface area contributed by atoms with Gasteiger partial charge in [0.15, 0.2) is 0 Å². The molecule has 0 bridgehead atoms. The van der Waals surface area contributed by atoms with Crippen molar-refractivity contribution in [1.82, 2.24) is 9.97 Å². The molecule has 5 rings (SSSR count). The van der Waals surface area contributed by atoms with E-state index >= 15 is 0 Å². The van der Waals surface area contributed by atoms with Crippen LogP contribution in [0.15, 0.2) is 85.2 Å². The summed E-state index contributed by atoms with van der Waals surface area (Å²) in [6.45, 7) is 7.98. The van der Waals surface area contributed by atoms with Gasteiger partial charge in [0.05, 0.1) is 12.1 Å². The highest BCUT2D eigenvalue weighted by atomic mass is 16.5. The van der Waals surface area contributed by atoms with Crippen molar-refractivity contribution in [3.8, 4) is 17.2 Å². The molecule has 0 unspecified atom stereocenters. The van der Waals surface area contributed by atoms with E-state index in [-0.39, 0.29) is 0 Å². The van der Waals surface area contributed by atoms with Crippen LogP contribution in [0.4, 0.5) is 5.69 Å². The second kappa shape index (κ2) is 7.61. The Morgan fingerprint density at radius 3 is 2.70 bits per heavy atom. The lowest BCUT2D eigenvalue weighted by atomic mass is 10.1. The van der Waals surface area contributed by atoms with Gasteiger partial charge in [-0.2, -0.15) is 0 Å². The number of pyridine rings is 1. The quantitative estimate of drug-likeness (QED) is 0.342. The van der Waals surface area contributed by atoms with Crippen molar-refractivity contribution < 1.29 is 9.47 Å². The van der Waals surface area contributed by atoms with E-state index in [4.69, 9.17) is 16.0 Å². The smallest absolute Gasteiger partial charge is 0.229 e. The molecule has 0 aliphatic carbocycles. The third kappa shape index (κ3) is 3.43. The minimum atomic E-state index is 0.391. The van der Waals surface area contributed by atoms with Gasteiger partial charge in [0, 0.05) is 28.7 Å². The number of benzene rings is 3. The van der Waals surface area contributed by atoms with Gasteiger partial charge in [-0.25, -0.2) is 4.85 Å². The Bertz CT molecular complexity index is 1380. The molecule has 0 saturated heterocycles. The number of H-pyrrole nitrogens is 1. The van der Waals surface area contributed by atoms with Gasteiger partial charge in [-0.1, -0.05) is 30.3 Å². The van der Waals surface area contributed by atoms with E-state index in [1.807, 2.05) is 66.9 Å². The average Bonchev–Trinajstić information content (AvgIpc) is 3.26. The van der Waals surface area contributed by atoms with Crippen molar-refractivity contribution in [3.63, 3.8) is 0 Å². The first kappa shape index (κ1) is 17.8. The molecular formula is C25H17N3O2. The maximum absolute atomic E-state index is 7.59. The number of hydrogen-bond acceptors (Lipinski definition) is 3. The van der Waals surface area contributed by atoms with Crippen molar-refractivity contribution in [2.24, 2.45) is 0 Å². The zero-order valence-corrected chi connectivity index (χ0v) is 16.0. The summed E-state index contributed by atoms with van der Waals surface area (Å²) in [4.78, 5) is 11.3. The number of hydrogen-bond donors (Lipinski definition) is 1. The van der Waals surface area contributed by atoms with Crippen LogP contribution in [0.1, 0.15) is 5.56 Å². The minimum absolute atomic E-state index is 0.391. The minimum Gasteiger partial charge on any atom is -0.500 e. The van der Waals surface area contributed by atoms with Crippen LogP contribution in [0.5, 0.6) is 17.2 Å². The molecule has 3 aromatic carbocycles. The molecule has 30 heavy (non-hydrogen) atoms. The molecule has 0 atom stereocenters. The van der Waals surface area contributed by atoms with Crippen LogP contribution in [0, 0.1) is 6.57 Å². The van der Waals surface area contributed by atoms with Crippen molar-refractivity contribution in [1.29, 1.82) is 0 Å². The van der Waals surface area contributed by atoms with E-state index < -0.39 is 0 Å². The maximum atomic E-state index is 7.59. The predicted octanol–water partition coefficient (Wildman–Crippen LogP) is 6.64. The lowest BCUT2D eigenvalue weighted by Crippen LogP contribution is -1.96. The second-order valence-electron chi connectivity index (χ2n) is 6.86. The lowest BCUT2D eigenvalue weighted by molar-refractivity contribution is 0.308. The summed E-state index contributed by atoms with van der Waals surface area (Å²) in [7, 11) is 0. The van der Waals surface area contributed by atoms with Crippen LogP contribution in [0.2, 0.25) is 0 Å². The van der Waals surface area contributed by atoms with Gasteiger partial charge in [0.25, 0.3) is 0 Å². The summed E-state index contributed by atoms with van der Waals surface area (Å²) in [5.74, 6) is 1.89. The molecule has 0 spiro atoms. The van der Waals surface area contributed by atoms with Crippen LogP contribution >= 0.6 is 0 Å². The Hall–Kier alpha value is -4.30. The normalized spacial score (nSPS) is 10.8. The molecule has 144 valence electrons. The monoisotopic (exact) mass is 391 g/mol. The molecule has 0 fully saturated rings. The van der Waals surface area contributed by atoms with Crippen LogP contribution in [0.3, 0.4) is 0 Å². The topological polar surface area (TPSA) is 51.5 Å². The Labute approximate surface area is 173 Å². The van der Waals surface area contributed by atoms with Gasteiger partial charge < -0.3 is 14.5 Å². The molecule has 2 aromatic heterocycles. The summed E-state index contributed by atoms with van der Waals surface area (Å²) in [6, 6.07) is 23.1. The van der Waals surface area contributed by atoms with Gasteiger partial charge >= 0.3 is 0 Å². The Morgan fingerprint density at radius 2 is 1.83 bits per heavy atom. The average molecular weight is 391 g/mol. The fraction of sp³-hybridized carbons (Fsp3) is 0.0400. The van der Waals surface area contributed by atoms with E-state index in [0.717, 1.165) is 27.6 Å². The van der Waals surface area contributed by atoms with E-state index in [0.29, 0.717) is 29.3 Å². The van der Waals surface area contributed by atoms with E-state index in [1.165, 1.54) is 0 Å². The zero-order chi connectivity index (χ0) is 20.3. The molecule has 0 saturated carbocycles. The highest BCUT2D eigenvalue weighted by Gasteiger charge is 2.12. The second-order valence-corrected chi connectivity index (χ2v) is 6.86. The van der Waals surface area contributed by atoms with Crippen LogP contribution < -0.4 is 9.47 Å². The number of rotatable bonds is 5. The van der Waals surface area contributed by atoms with E-state index in [9.17, 15) is 0 Å². The molecule has 0 aliphatic rings. The number of nitrogens with one attached hydrogen (secondary N) is 1. The van der Waals surface area contributed by atoms with Crippen LogP contribution in [-0.2, 0) is 6.61 Å². The molecule has 0 amide bonds. The zero-order valence-electron chi connectivity index (χ0n) is 16.0. The number of nitrogens with zero attached hydrogens (tertiary/aromatic N) is 2. The summed E-state index contributed by atoms with van der Waals surface area (Å²) in [5.41, 5.74) is 3.24. The van der Waals surface area contributed by atoms with Crippen LogP contribution in [-0.4, -0.2) is 9.97 Å². The number of aromatic nitrogens is 2. The molecule has 5 aromatic rings. The first-order chi connectivity index (χ1) is 14.8. The molecule has 2 heterocycles. The summed E-state index contributed by atoms with van der Waals surface area (Å²) in [6.07, 6.45) is 3.60. The fourth-order valence-electron chi connectivity index (χ4n) is 3.39. The van der Waals surface area contributed by atoms with Crippen molar-refractivity contribution in [2.75, 3.05) is 0 Å². The maximum Gasteiger partial charge on any atom is 0.229 e. The van der Waals surface area contributed by atoms with Gasteiger partial charge in [0.1, 0.15) is 23.9 Å². The summed E-state index contributed by atoms with van der Waals surface area (Å²) >= 11 is 0. The summed E-state index contributed by atoms with van der Waals surface area (Å²) in [5, 5.41) is 1.84.